The first-order valence-corrected chi connectivity index (χ1v) is 8.23. The van der Waals surface area contributed by atoms with Crippen LogP contribution in [0.4, 0.5) is 5.69 Å². The minimum Gasteiger partial charge on any atom is -0.398 e. The summed E-state index contributed by atoms with van der Waals surface area (Å²) < 4.78 is 29.2. The summed E-state index contributed by atoms with van der Waals surface area (Å²) >= 11 is 0. The van der Waals surface area contributed by atoms with E-state index in [1.165, 1.54) is 0 Å². The molecule has 21 heavy (non-hydrogen) atoms. The van der Waals surface area contributed by atoms with E-state index in [9.17, 15) is 8.42 Å². The Morgan fingerprint density at radius 1 is 1.33 bits per heavy atom. The lowest BCUT2D eigenvalue weighted by Gasteiger charge is -2.13. The first-order chi connectivity index (χ1) is 9.92. The summed E-state index contributed by atoms with van der Waals surface area (Å²) in [5.74, 6) is 0. The number of nitrogen functional groups attached to an aromatic ring is 1. The van der Waals surface area contributed by atoms with Crippen molar-refractivity contribution in [2.75, 3.05) is 12.3 Å². The topological polar surface area (TPSA) is 90.0 Å². The Kier molecular flexibility index (Phi) is 4.64. The highest BCUT2D eigenvalue weighted by Gasteiger charge is 2.20. The van der Waals surface area contributed by atoms with Gasteiger partial charge in [0.25, 0.3) is 0 Å². The van der Waals surface area contributed by atoms with Crippen molar-refractivity contribution in [2.45, 2.75) is 31.7 Å². The van der Waals surface area contributed by atoms with Crippen molar-refractivity contribution >= 4 is 15.7 Å². The highest BCUT2D eigenvalue weighted by Crippen LogP contribution is 2.24. The van der Waals surface area contributed by atoms with Gasteiger partial charge >= 0.3 is 0 Å². The zero-order valence-electron chi connectivity index (χ0n) is 12.2. The van der Waals surface area contributed by atoms with Crippen LogP contribution in [-0.4, -0.2) is 24.7 Å². The molecule has 1 aromatic carbocycles. The molecule has 2 aromatic rings. The molecule has 0 aliphatic rings. The van der Waals surface area contributed by atoms with Crippen LogP contribution in [0.1, 0.15) is 17.5 Å². The summed E-state index contributed by atoms with van der Waals surface area (Å²) in [6.07, 6.45) is 4.21. The quantitative estimate of drug-likeness (QED) is 0.624. The van der Waals surface area contributed by atoms with Gasteiger partial charge in [-0.15, -0.1) is 0 Å². The van der Waals surface area contributed by atoms with Crippen LogP contribution in [0.3, 0.4) is 0 Å². The third-order valence-corrected chi connectivity index (χ3v) is 5.08. The number of aryl methyl sites for hydroxylation is 2. The molecular formula is C14H20N4O2S. The van der Waals surface area contributed by atoms with Gasteiger partial charge in [0.15, 0.2) is 0 Å². The zero-order chi connectivity index (χ0) is 15.5. The monoisotopic (exact) mass is 308 g/mol. The van der Waals surface area contributed by atoms with Crippen molar-refractivity contribution in [3.63, 3.8) is 0 Å². The first-order valence-electron chi connectivity index (χ1n) is 6.74. The van der Waals surface area contributed by atoms with Crippen LogP contribution in [0.5, 0.6) is 0 Å². The molecule has 1 aromatic heterocycles. The maximum Gasteiger partial charge on any atom is 0.241 e. The van der Waals surface area contributed by atoms with Crippen LogP contribution in [0, 0.1) is 13.8 Å². The van der Waals surface area contributed by atoms with Crippen molar-refractivity contribution in [1.29, 1.82) is 0 Å². The number of nitrogens with one attached hydrogen (secondary N) is 1. The fourth-order valence-corrected chi connectivity index (χ4v) is 3.78. The van der Waals surface area contributed by atoms with Crippen LogP contribution in [0.25, 0.3) is 0 Å². The van der Waals surface area contributed by atoms with E-state index >= 15 is 0 Å². The summed E-state index contributed by atoms with van der Waals surface area (Å²) in [4.78, 5) is 0.279. The molecule has 0 atom stereocenters. The molecule has 6 nitrogen and oxygen atoms in total. The second-order valence-corrected chi connectivity index (χ2v) is 6.65. The van der Waals surface area contributed by atoms with Crippen molar-refractivity contribution < 1.29 is 8.42 Å². The first kappa shape index (κ1) is 15.5. The van der Waals surface area contributed by atoms with Crippen molar-refractivity contribution in [3.8, 4) is 0 Å². The highest BCUT2D eigenvalue weighted by molar-refractivity contribution is 7.89. The molecule has 0 spiro atoms. The lowest BCUT2D eigenvalue weighted by atomic mass is 10.1. The minimum atomic E-state index is -3.54. The summed E-state index contributed by atoms with van der Waals surface area (Å²) in [6, 6.07) is 5.28. The Labute approximate surface area is 125 Å². The SMILES string of the molecule is Cc1ccc(N)c(C)c1S(=O)(=O)NCCCn1cccn1. The van der Waals surface area contributed by atoms with Gasteiger partial charge in [0.05, 0.1) is 4.90 Å². The molecule has 0 unspecified atom stereocenters. The van der Waals surface area contributed by atoms with E-state index in [0.29, 0.717) is 36.3 Å². The van der Waals surface area contributed by atoms with Crippen LogP contribution < -0.4 is 10.5 Å². The van der Waals surface area contributed by atoms with Crippen LogP contribution in [-0.2, 0) is 16.6 Å². The summed E-state index contributed by atoms with van der Waals surface area (Å²) in [6.45, 7) is 4.52. The van der Waals surface area contributed by atoms with Gasteiger partial charge in [-0.3, -0.25) is 4.68 Å². The third kappa shape index (κ3) is 3.62. The fraction of sp³-hybridized carbons (Fsp3) is 0.357. The number of sulfonamides is 1. The van der Waals surface area contributed by atoms with Crippen LogP contribution >= 0.6 is 0 Å². The Hall–Kier alpha value is -1.86. The van der Waals surface area contributed by atoms with Gasteiger partial charge in [-0.2, -0.15) is 5.10 Å². The molecule has 0 saturated heterocycles. The fourth-order valence-electron chi connectivity index (χ4n) is 2.21. The molecular weight excluding hydrogens is 288 g/mol. The van der Waals surface area contributed by atoms with Gasteiger partial charge in [-0.1, -0.05) is 6.07 Å². The Morgan fingerprint density at radius 2 is 2.10 bits per heavy atom. The Balaban J connectivity index is 2.04. The van der Waals surface area contributed by atoms with Crippen LogP contribution in [0.2, 0.25) is 0 Å². The van der Waals surface area contributed by atoms with Gasteiger partial charge in [0.1, 0.15) is 0 Å². The number of anilines is 1. The van der Waals surface area contributed by atoms with Gasteiger partial charge < -0.3 is 5.73 Å². The standard InChI is InChI=1S/C14H20N4O2S/c1-11-5-6-13(15)12(2)14(11)21(19,20)17-8-4-10-18-9-3-7-16-18/h3,5-7,9,17H,4,8,10,15H2,1-2H3. The van der Waals surface area contributed by atoms with Gasteiger partial charge in [0, 0.05) is 31.2 Å². The molecule has 0 aliphatic carbocycles. The number of nitrogens with two attached hydrogens (primary N) is 1. The second kappa shape index (κ2) is 6.28. The predicted octanol–water partition coefficient (Wildman–Crippen LogP) is 1.45. The maximum absolute atomic E-state index is 12.4. The van der Waals surface area contributed by atoms with Gasteiger partial charge in [0.2, 0.25) is 10.0 Å². The molecule has 1 heterocycles. The number of rotatable bonds is 6. The minimum absolute atomic E-state index is 0.279. The highest BCUT2D eigenvalue weighted by atomic mass is 32.2. The zero-order valence-corrected chi connectivity index (χ0v) is 13.0. The molecule has 2 rings (SSSR count). The number of hydrogen-bond acceptors (Lipinski definition) is 4. The van der Waals surface area contributed by atoms with Crippen LogP contribution in [0.15, 0.2) is 35.5 Å². The molecule has 0 amide bonds. The van der Waals surface area contributed by atoms with Gasteiger partial charge in [-0.05, 0) is 43.5 Å². The Morgan fingerprint density at radius 3 is 2.76 bits per heavy atom. The normalized spacial score (nSPS) is 11.7. The summed E-state index contributed by atoms with van der Waals surface area (Å²) in [5.41, 5.74) is 7.57. The summed E-state index contributed by atoms with van der Waals surface area (Å²) in [5, 5.41) is 4.07. The van der Waals surface area contributed by atoms with Crippen molar-refractivity contribution in [2.24, 2.45) is 0 Å². The average Bonchev–Trinajstić information content (AvgIpc) is 2.92. The third-order valence-electron chi connectivity index (χ3n) is 3.33. The molecule has 7 heteroatoms. The second-order valence-electron chi connectivity index (χ2n) is 4.95. The van der Waals surface area contributed by atoms with E-state index in [4.69, 9.17) is 5.73 Å². The molecule has 0 fully saturated rings. The smallest absolute Gasteiger partial charge is 0.241 e. The lowest BCUT2D eigenvalue weighted by Crippen LogP contribution is -2.27. The number of benzene rings is 1. The lowest BCUT2D eigenvalue weighted by molar-refractivity contribution is 0.552. The van der Waals surface area contributed by atoms with E-state index in [2.05, 4.69) is 9.82 Å². The van der Waals surface area contributed by atoms with Crippen molar-refractivity contribution in [1.82, 2.24) is 14.5 Å². The van der Waals surface area contributed by atoms with E-state index in [0.717, 1.165) is 0 Å². The largest absolute Gasteiger partial charge is 0.398 e. The predicted molar refractivity (Wildman–Crippen MR) is 82.4 cm³/mol. The molecule has 0 radical (unpaired) electrons. The molecule has 0 bridgehead atoms. The average molecular weight is 308 g/mol. The number of hydrogen-bond donors (Lipinski definition) is 2. The number of aromatic nitrogens is 2. The van der Waals surface area contributed by atoms with Gasteiger partial charge in [-0.25, -0.2) is 13.1 Å². The van der Waals surface area contributed by atoms with Crippen molar-refractivity contribution in [3.05, 3.63) is 41.7 Å². The Bertz CT molecular complexity index is 709. The molecule has 3 N–H and O–H groups in total. The molecule has 0 aliphatic heterocycles. The number of nitrogens with zero attached hydrogens (tertiary/aromatic N) is 2. The molecule has 114 valence electrons. The summed E-state index contributed by atoms with van der Waals surface area (Å²) in [7, 11) is -3.54. The van der Waals surface area contributed by atoms with E-state index < -0.39 is 10.0 Å². The van der Waals surface area contributed by atoms with E-state index in [1.54, 1.807) is 36.9 Å². The molecule has 0 saturated carbocycles. The maximum atomic E-state index is 12.4. The van der Waals surface area contributed by atoms with E-state index in [-0.39, 0.29) is 4.90 Å². The van der Waals surface area contributed by atoms with E-state index in [1.807, 2.05) is 12.3 Å².